The Hall–Kier alpha value is -2.51. The minimum absolute atomic E-state index is 0.00488. The molecule has 1 atom stereocenters. The quantitative estimate of drug-likeness (QED) is 0.751. The molecule has 3 aromatic rings. The number of fused-ring (bicyclic) bond motifs is 1. The van der Waals surface area contributed by atoms with Crippen LogP contribution in [0, 0.1) is 0 Å². The van der Waals surface area contributed by atoms with Crippen LogP contribution in [0.2, 0.25) is 0 Å². The molecule has 2 heterocycles. The van der Waals surface area contributed by atoms with Crippen LogP contribution < -0.4 is 10.9 Å². The first kappa shape index (κ1) is 15.4. The summed E-state index contributed by atoms with van der Waals surface area (Å²) in [6, 6.07) is 10.8. The van der Waals surface area contributed by atoms with Crippen molar-refractivity contribution in [1.29, 1.82) is 0 Å². The van der Waals surface area contributed by atoms with Crippen molar-refractivity contribution in [2.24, 2.45) is 0 Å². The number of rotatable bonds is 5. The maximum Gasteiger partial charge on any atom is 0.287 e. The lowest BCUT2D eigenvalue weighted by molar-refractivity contribution is 0.0829. The molecule has 6 nitrogen and oxygen atoms in total. The topological polar surface area (TPSA) is 84.1 Å². The van der Waals surface area contributed by atoms with Gasteiger partial charge in [0.15, 0.2) is 5.82 Å². The molecule has 0 saturated carbocycles. The molecule has 23 heavy (non-hydrogen) atoms. The Kier molecular flexibility index (Phi) is 4.50. The first-order valence-electron chi connectivity index (χ1n) is 7.02. The zero-order chi connectivity index (χ0) is 16.2. The van der Waals surface area contributed by atoms with Crippen LogP contribution in [0.25, 0.3) is 10.9 Å². The van der Waals surface area contributed by atoms with Gasteiger partial charge in [-0.15, -0.1) is 11.3 Å². The van der Waals surface area contributed by atoms with Gasteiger partial charge in [-0.05, 0) is 23.6 Å². The SMILES string of the molecule is CO[C@H](CNC(=O)c1nc2ccccc2c(=O)[nH]1)c1cccs1. The monoisotopic (exact) mass is 329 g/mol. The highest BCUT2D eigenvalue weighted by Gasteiger charge is 2.16. The lowest BCUT2D eigenvalue weighted by Crippen LogP contribution is -2.31. The van der Waals surface area contributed by atoms with Gasteiger partial charge < -0.3 is 15.0 Å². The number of aromatic amines is 1. The molecule has 0 fully saturated rings. The van der Waals surface area contributed by atoms with E-state index in [1.54, 1.807) is 42.7 Å². The molecule has 1 amide bonds. The van der Waals surface area contributed by atoms with Gasteiger partial charge in [0.1, 0.15) is 6.10 Å². The van der Waals surface area contributed by atoms with Gasteiger partial charge in [0.25, 0.3) is 11.5 Å². The fourth-order valence-corrected chi connectivity index (χ4v) is 3.04. The zero-order valence-corrected chi connectivity index (χ0v) is 13.2. The van der Waals surface area contributed by atoms with Crippen molar-refractivity contribution in [3.05, 3.63) is 62.8 Å². The van der Waals surface area contributed by atoms with E-state index in [0.29, 0.717) is 17.4 Å². The normalized spacial score (nSPS) is 12.2. The van der Waals surface area contributed by atoms with Crippen LogP contribution in [0.3, 0.4) is 0 Å². The van der Waals surface area contributed by atoms with Crippen LogP contribution >= 0.6 is 11.3 Å². The van der Waals surface area contributed by atoms with Crippen molar-refractivity contribution >= 4 is 28.1 Å². The third-order valence-electron chi connectivity index (χ3n) is 3.42. The Morgan fingerprint density at radius 1 is 1.35 bits per heavy atom. The van der Waals surface area contributed by atoms with Gasteiger partial charge >= 0.3 is 0 Å². The second-order valence-corrected chi connectivity index (χ2v) is 5.86. The number of ether oxygens (including phenoxy) is 1. The number of hydrogen-bond donors (Lipinski definition) is 2. The number of nitrogens with zero attached hydrogens (tertiary/aromatic N) is 1. The van der Waals surface area contributed by atoms with E-state index in [4.69, 9.17) is 4.74 Å². The van der Waals surface area contributed by atoms with E-state index in [2.05, 4.69) is 15.3 Å². The number of hydrogen-bond acceptors (Lipinski definition) is 5. The highest BCUT2D eigenvalue weighted by molar-refractivity contribution is 7.10. The molecule has 2 aromatic heterocycles. The summed E-state index contributed by atoms with van der Waals surface area (Å²) in [6.45, 7) is 0.298. The van der Waals surface area contributed by atoms with Gasteiger partial charge in [-0.2, -0.15) is 0 Å². The average Bonchev–Trinajstić information content (AvgIpc) is 3.09. The number of methoxy groups -OCH3 is 1. The molecule has 0 aliphatic heterocycles. The molecule has 1 aromatic carbocycles. The zero-order valence-electron chi connectivity index (χ0n) is 12.4. The van der Waals surface area contributed by atoms with Crippen LogP contribution in [0.4, 0.5) is 0 Å². The van der Waals surface area contributed by atoms with Crippen molar-refractivity contribution in [3.8, 4) is 0 Å². The second-order valence-electron chi connectivity index (χ2n) is 4.88. The molecule has 0 spiro atoms. The smallest absolute Gasteiger partial charge is 0.287 e. The fourth-order valence-electron chi connectivity index (χ4n) is 2.24. The molecule has 0 unspecified atom stereocenters. The third-order valence-corrected chi connectivity index (χ3v) is 4.39. The summed E-state index contributed by atoms with van der Waals surface area (Å²) in [4.78, 5) is 31.9. The Bertz CT molecular complexity index is 874. The van der Waals surface area contributed by atoms with E-state index in [0.717, 1.165) is 4.88 Å². The van der Waals surface area contributed by atoms with E-state index in [1.165, 1.54) is 0 Å². The lowest BCUT2D eigenvalue weighted by atomic mass is 10.2. The first-order valence-corrected chi connectivity index (χ1v) is 7.90. The predicted molar refractivity (Wildman–Crippen MR) is 88.8 cm³/mol. The van der Waals surface area contributed by atoms with Crippen LogP contribution in [-0.2, 0) is 4.74 Å². The summed E-state index contributed by atoms with van der Waals surface area (Å²) in [5.74, 6) is -0.443. The molecule has 3 rings (SSSR count). The van der Waals surface area contributed by atoms with Gasteiger partial charge in [-0.3, -0.25) is 9.59 Å². The first-order chi connectivity index (χ1) is 11.2. The van der Waals surface area contributed by atoms with Gasteiger partial charge in [0.2, 0.25) is 0 Å². The van der Waals surface area contributed by atoms with Crippen molar-refractivity contribution in [1.82, 2.24) is 15.3 Å². The van der Waals surface area contributed by atoms with E-state index in [9.17, 15) is 9.59 Å². The third kappa shape index (κ3) is 3.30. The molecule has 2 N–H and O–H groups in total. The van der Waals surface area contributed by atoms with Gasteiger partial charge in [-0.1, -0.05) is 18.2 Å². The minimum atomic E-state index is -0.438. The summed E-state index contributed by atoms with van der Waals surface area (Å²) in [5.41, 5.74) is 0.158. The van der Waals surface area contributed by atoms with Crippen molar-refractivity contribution in [3.63, 3.8) is 0 Å². The van der Waals surface area contributed by atoms with Crippen molar-refractivity contribution in [2.75, 3.05) is 13.7 Å². The average molecular weight is 329 g/mol. The summed E-state index contributed by atoms with van der Waals surface area (Å²) < 4.78 is 5.38. The number of aromatic nitrogens is 2. The maximum atomic E-state index is 12.2. The molecule has 118 valence electrons. The standard InChI is InChI=1S/C16H15N3O3S/c1-22-12(13-7-4-8-23-13)9-17-16(21)14-18-11-6-3-2-5-10(11)15(20)19-14/h2-8,12H,9H2,1H3,(H,17,21)(H,18,19,20)/t12-/m1/s1. The minimum Gasteiger partial charge on any atom is -0.374 e. The second kappa shape index (κ2) is 6.72. The summed E-state index contributed by atoms with van der Waals surface area (Å²) in [6.07, 6.45) is -0.230. The van der Waals surface area contributed by atoms with Gasteiger partial charge in [-0.25, -0.2) is 4.98 Å². The van der Waals surface area contributed by atoms with Crippen LogP contribution in [-0.4, -0.2) is 29.5 Å². The number of carbonyl (C=O) groups excluding carboxylic acids is 1. The molecule has 7 heteroatoms. The van der Waals surface area contributed by atoms with Crippen molar-refractivity contribution in [2.45, 2.75) is 6.10 Å². The highest BCUT2D eigenvalue weighted by Crippen LogP contribution is 2.21. The number of benzene rings is 1. The lowest BCUT2D eigenvalue weighted by Gasteiger charge is -2.14. The highest BCUT2D eigenvalue weighted by atomic mass is 32.1. The van der Waals surface area contributed by atoms with E-state index in [-0.39, 0.29) is 17.5 Å². The van der Waals surface area contributed by atoms with Gasteiger partial charge in [0, 0.05) is 18.5 Å². The number of thiophene rings is 1. The molecule has 0 aliphatic carbocycles. The number of para-hydroxylation sites is 1. The molecule has 0 bridgehead atoms. The van der Waals surface area contributed by atoms with Crippen LogP contribution in [0.15, 0.2) is 46.6 Å². The predicted octanol–water partition coefficient (Wildman–Crippen LogP) is 2.10. The summed E-state index contributed by atoms with van der Waals surface area (Å²) in [7, 11) is 1.59. The molecular weight excluding hydrogens is 314 g/mol. The van der Waals surface area contributed by atoms with Crippen LogP contribution in [0.1, 0.15) is 21.6 Å². The Morgan fingerprint density at radius 2 is 2.17 bits per heavy atom. The fraction of sp³-hybridized carbons (Fsp3) is 0.188. The summed E-state index contributed by atoms with van der Waals surface area (Å²) >= 11 is 1.56. The summed E-state index contributed by atoms with van der Waals surface area (Å²) in [5, 5.41) is 5.15. The maximum absolute atomic E-state index is 12.2. The Balaban J connectivity index is 1.77. The number of amides is 1. The Labute approximate surface area is 136 Å². The molecule has 0 saturated heterocycles. The van der Waals surface area contributed by atoms with E-state index >= 15 is 0 Å². The number of nitrogens with one attached hydrogen (secondary N) is 2. The number of carbonyl (C=O) groups is 1. The van der Waals surface area contributed by atoms with E-state index < -0.39 is 5.91 Å². The van der Waals surface area contributed by atoms with Gasteiger partial charge in [0.05, 0.1) is 10.9 Å². The van der Waals surface area contributed by atoms with Crippen LogP contribution in [0.5, 0.6) is 0 Å². The largest absolute Gasteiger partial charge is 0.374 e. The Morgan fingerprint density at radius 3 is 2.91 bits per heavy atom. The molecular formula is C16H15N3O3S. The number of H-pyrrole nitrogens is 1. The van der Waals surface area contributed by atoms with E-state index in [1.807, 2.05) is 17.5 Å². The molecule has 0 radical (unpaired) electrons. The molecule has 0 aliphatic rings. The van der Waals surface area contributed by atoms with Crippen molar-refractivity contribution < 1.29 is 9.53 Å².